The van der Waals surface area contributed by atoms with Crippen molar-refractivity contribution in [3.05, 3.63) is 47.7 Å². The standard InChI is InChI=1S/C23H23NO6/c1-30-15-6-4-5-14(13-15)16-7-8-17-21(28)20(18(25)9-10-19(26)27)22(29)23(24(16)17)11-2-3-12-23/h4-8,13,28H,2-3,9-12H2,1H3,(H,26,27). The van der Waals surface area contributed by atoms with Crippen LogP contribution in [0, 0.1) is 0 Å². The smallest absolute Gasteiger partial charge is 0.303 e. The van der Waals surface area contributed by atoms with Crippen molar-refractivity contribution in [3.63, 3.8) is 0 Å². The molecule has 2 N–H and O–H groups in total. The lowest BCUT2D eigenvalue weighted by Gasteiger charge is -2.37. The Morgan fingerprint density at radius 1 is 1.10 bits per heavy atom. The maximum Gasteiger partial charge on any atom is 0.303 e. The van der Waals surface area contributed by atoms with Crippen LogP contribution in [0.25, 0.3) is 17.0 Å². The van der Waals surface area contributed by atoms with Gasteiger partial charge in [-0.15, -0.1) is 0 Å². The van der Waals surface area contributed by atoms with E-state index in [0.29, 0.717) is 24.3 Å². The first-order chi connectivity index (χ1) is 14.4. The van der Waals surface area contributed by atoms with Crippen molar-refractivity contribution in [1.82, 2.24) is 4.57 Å². The zero-order valence-electron chi connectivity index (χ0n) is 16.7. The maximum absolute atomic E-state index is 13.6. The minimum atomic E-state index is -1.12. The van der Waals surface area contributed by atoms with E-state index >= 15 is 0 Å². The molecule has 2 aromatic rings. The van der Waals surface area contributed by atoms with Gasteiger partial charge in [0.2, 0.25) is 0 Å². The number of aliphatic hydroxyl groups is 1. The number of Topliss-reactive ketones (excluding diaryl/α,β-unsaturated/α-hetero) is 2. The molecule has 30 heavy (non-hydrogen) atoms. The Morgan fingerprint density at radius 3 is 2.47 bits per heavy atom. The number of carboxylic acid groups (broad SMARTS) is 1. The molecule has 1 aromatic carbocycles. The van der Waals surface area contributed by atoms with Crippen LogP contribution in [-0.4, -0.2) is 39.4 Å². The van der Waals surface area contributed by atoms with Gasteiger partial charge in [0.15, 0.2) is 17.3 Å². The SMILES string of the molecule is COc1cccc(-c2ccc3n2C2(CCCC2)C(=O)C(C(=O)CCC(=O)O)=C3O)c1. The van der Waals surface area contributed by atoms with Crippen molar-refractivity contribution >= 4 is 23.3 Å². The molecule has 1 saturated carbocycles. The molecular weight excluding hydrogens is 386 g/mol. The number of hydrogen-bond acceptors (Lipinski definition) is 5. The molecule has 2 heterocycles. The summed E-state index contributed by atoms with van der Waals surface area (Å²) in [6, 6.07) is 11.0. The van der Waals surface area contributed by atoms with E-state index in [0.717, 1.165) is 24.1 Å². The number of ketones is 2. The number of allylic oxidation sites excluding steroid dienone is 1. The topological polar surface area (TPSA) is 106 Å². The fourth-order valence-corrected chi connectivity index (χ4v) is 4.67. The van der Waals surface area contributed by atoms with Crippen LogP contribution in [0.2, 0.25) is 0 Å². The van der Waals surface area contributed by atoms with E-state index in [1.54, 1.807) is 13.2 Å². The second kappa shape index (κ2) is 7.48. The minimum Gasteiger partial charge on any atom is -0.505 e. The van der Waals surface area contributed by atoms with Gasteiger partial charge in [0.1, 0.15) is 16.9 Å². The van der Waals surface area contributed by atoms with Crippen molar-refractivity contribution in [2.24, 2.45) is 0 Å². The highest BCUT2D eigenvalue weighted by Crippen LogP contribution is 2.48. The third-order valence-electron chi connectivity index (χ3n) is 6.08. The average Bonchev–Trinajstić information content (AvgIpc) is 3.39. The lowest BCUT2D eigenvalue weighted by Crippen LogP contribution is -2.46. The summed E-state index contributed by atoms with van der Waals surface area (Å²) in [7, 11) is 1.58. The number of aliphatic carboxylic acids is 1. The first-order valence-corrected chi connectivity index (χ1v) is 9.99. The minimum absolute atomic E-state index is 0.263. The molecule has 0 atom stereocenters. The van der Waals surface area contributed by atoms with Crippen LogP contribution >= 0.6 is 0 Å². The van der Waals surface area contributed by atoms with Crippen LogP contribution in [0.15, 0.2) is 42.0 Å². The fraction of sp³-hybridized carbons (Fsp3) is 0.348. The molecule has 4 rings (SSSR count). The zero-order valence-corrected chi connectivity index (χ0v) is 16.7. The van der Waals surface area contributed by atoms with Gasteiger partial charge in [-0.2, -0.15) is 0 Å². The predicted octanol–water partition coefficient (Wildman–Crippen LogP) is 3.72. The summed E-state index contributed by atoms with van der Waals surface area (Å²) in [5, 5.41) is 19.8. The van der Waals surface area contributed by atoms with Gasteiger partial charge in [0.25, 0.3) is 0 Å². The van der Waals surface area contributed by atoms with Crippen LogP contribution in [0.3, 0.4) is 0 Å². The number of aromatic nitrogens is 1. The van der Waals surface area contributed by atoms with Gasteiger partial charge < -0.3 is 19.5 Å². The number of carbonyl (C=O) groups is 3. The van der Waals surface area contributed by atoms with E-state index in [4.69, 9.17) is 9.84 Å². The first-order valence-electron chi connectivity index (χ1n) is 9.99. The van der Waals surface area contributed by atoms with E-state index in [2.05, 4.69) is 0 Å². The van der Waals surface area contributed by atoms with Crippen LogP contribution in [0.4, 0.5) is 0 Å². The number of ether oxygens (including phenoxy) is 1. The summed E-state index contributed by atoms with van der Waals surface area (Å²) in [6.07, 6.45) is 2.09. The third-order valence-corrected chi connectivity index (χ3v) is 6.08. The highest BCUT2D eigenvalue weighted by molar-refractivity contribution is 6.28. The Morgan fingerprint density at radius 2 is 1.80 bits per heavy atom. The summed E-state index contributed by atoms with van der Waals surface area (Å²) in [6.45, 7) is 0. The third kappa shape index (κ3) is 3.01. The Labute approximate surface area is 173 Å². The van der Waals surface area contributed by atoms with E-state index in [1.165, 1.54) is 0 Å². The summed E-state index contributed by atoms with van der Waals surface area (Å²) < 4.78 is 7.18. The van der Waals surface area contributed by atoms with Crippen LogP contribution in [0.5, 0.6) is 5.75 Å². The van der Waals surface area contributed by atoms with Crippen molar-refractivity contribution in [1.29, 1.82) is 0 Å². The van der Waals surface area contributed by atoms with Crippen molar-refractivity contribution in [2.75, 3.05) is 7.11 Å². The normalized spacial score (nSPS) is 17.3. The van der Waals surface area contributed by atoms with Gasteiger partial charge in [0.05, 0.1) is 19.2 Å². The molecule has 0 saturated heterocycles. The average molecular weight is 409 g/mol. The molecule has 7 heteroatoms. The molecule has 1 fully saturated rings. The fourth-order valence-electron chi connectivity index (χ4n) is 4.67. The molecule has 0 amide bonds. The number of rotatable bonds is 6. The number of methoxy groups -OCH3 is 1. The predicted molar refractivity (Wildman–Crippen MR) is 109 cm³/mol. The number of fused-ring (bicyclic) bond motifs is 2. The molecule has 1 spiro atoms. The molecule has 2 aliphatic rings. The van der Waals surface area contributed by atoms with Gasteiger partial charge in [-0.25, -0.2) is 0 Å². The monoisotopic (exact) mass is 409 g/mol. The highest BCUT2D eigenvalue weighted by Gasteiger charge is 2.51. The van der Waals surface area contributed by atoms with Crippen LogP contribution in [-0.2, 0) is 19.9 Å². The van der Waals surface area contributed by atoms with E-state index in [9.17, 15) is 19.5 Å². The number of nitrogens with zero attached hydrogens (tertiary/aromatic N) is 1. The molecule has 1 aliphatic carbocycles. The molecule has 7 nitrogen and oxygen atoms in total. The molecule has 1 aliphatic heterocycles. The highest BCUT2D eigenvalue weighted by atomic mass is 16.5. The molecule has 156 valence electrons. The van der Waals surface area contributed by atoms with Crippen molar-refractivity contribution < 1.29 is 29.3 Å². The lowest BCUT2D eigenvalue weighted by atomic mass is 9.80. The Balaban J connectivity index is 1.89. The van der Waals surface area contributed by atoms with Gasteiger partial charge >= 0.3 is 5.97 Å². The Bertz CT molecular complexity index is 1070. The maximum atomic E-state index is 13.6. The summed E-state index contributed by atoms with van der Waals surface area (Å²) >= 11 is 0. The van der Waals surface area contributed by atoms with Gasteiger partial charge in [-0.05, 0) is 37.1 Å². The van der Waals surface area contributed by atoms with Crippen molar-refractivity contribution in [2.45, 2.75) is 44.1 Å². The molecular formula is C23H23NO6. The molecule has 0 bridgehead atoms. The summed E-state index contributed by atoms with van der Waals surface area (Å²) in [5.41, 5.74) is 0.808. The number of aliphatic hydroxyl groups excluding tert-OH is 1. The van der Waals surface area contributed by atoms with Gasteiger partial charge in [0, 0.05) is 17.7 Å². The second-order valence-corrected chi connectivity index (χ2v) is 7.78. The van der Waals surface area contributed by atoms with Gasteiger partial charge in [-0.3, -0.25) is 14.4 Å². The lowest BCUT2D eigenvalue weighted by molar-refractivity contribution is -0.138. The van der Waals surface area contributed by atoms with E-state index in [-0.39, 0.29) is 24.2 Å². The Kier molecular flexibility index (Phi) is 4.97. The number of carboxylic acids is 1. The largest absolute Gasteiger partial charge is 0.505 e. The second-order valence-electron chi connectivity index (χ2n) is 7.78. The van der Waals surface area contributed by atoms with Crippen LogP contribution in [0.1, 0.15) is 44.2 Å². The quantitative estimate of drug-likeness (QED) is 0.705. The van der Waals surface area contributed by atoms with E-state index < -0.39 is 23.1 Å². The Hall–Kier alpha value is -3.35. The molecule has 1 aromatic heterocycles. The van der Waals surface area contributed by atoms with E-state index in [1.807, 2.05) is 34.9 Å². The number of carbonyl (C=O) groups excluding carboxylic acids is 2. The summed E-state index contributed by atoms with van der Waals surface area (Å²) in [4.78, 5) is 37.2. The first kappa shape index (κ1) is 19.9. The molecule has 0 unspecified atom stereocenters. The molecule has 0 radical (unpaired) electrons. The van der Waals surface area contributed by atoms with Crippen molar-refractivity contribution in [3.8, 4) is 17.0 Å². The zero-order chi connectivity index (χ0) is 21.5. The summed E-state index contributed by atoms with van der Waals surface area (Å²) in [5.74, 6) is -1.86. The van der Waals surface area contributed by atoms with Gasteiger partial charge in [-0.1, -0.05) is 25.0 Å². The van der Waals surface area contributed by atoms with Crippen LogP contribution < -0.4 is 4.74 Å². The number of hydrogen-bond donors (Lipinski definition) is 2. The number of benzene rings is 1.